The van der Waals surface area contributed by atoms with E-state index in [1.807, 2.05) is 30.6 Å². The molecule has 4 heterocycles. The Labute approximate surface area is 110 Å². The van der Waals surface area contributed by atoms with Gasteiger partial charge in [-0.1, -0.05) is 0 Å². The van der Waals surface area contributed by atoms with Crippen molar-refractivity contribution in [2.75, 3.05) is 6.54 Å². The van der Waals surface area contributed by atoms with E-state index in [4.69, 9.17) is 0 Å². The number of rotatable bonds is 1. The van der Waals surface area contributed by atoms with E-state index in [-0.39, 0.29) is 5.91 Å². The average Bonchev–Trinajstić information content (AvgIpc) is 3.03. The van der Waals surface area contributed by atoms with Gasteiger partial charge in [0.25, 0.3) is 0 Å². The van der Waals surface area contributed by atoms with Crippen LogP contribution in [0.4, 0.5) is 0 Å². The highest BCUT2D eigenvalue weighted by atomic mass is 16.1. The first kappa shape index (κ1) is 10.4. The predicted octanol–water partition coefficient (Wildman–Crippen LogP) is 1.26. The number of carbonyl (C=O) groups excluding carboxylic acids is 1. The number of H-pyrrole nitrogens is 1. The van der Waals surface area contributed by atoms with E-state index in [1.165, 1.54) is 0 Å². The van der Waals surface area contributed by atoms with Crippen molar-refractivity contribution in [2.24, 2.45) is 4.99 Å². The Morgan fingerprint density at radius 2 is 2.26 bits per heavy atom. The summed E-state index contributed by atoms with van der Waals surface area (Å²) in [5.74, 6) is 0.837. The molecule has 0 fully saturated rings. The Kier molecular flexibility index (Phi) is 2.03. The Hall–Kier alpha value is -2.56. The average molecular weight is 252 g/mol. The van der Waals surface area contributed by atoms with Crippen molar-refractivity contribution in [2.45, 2.75) is 6.42 Å². The number of carbonyl (C=O) groups is 1. The lowest BCUT2D eigenvalue weighted by Crippen LogP contribution is -2.31. The molecular weight excluding hydrogens is 240 g/mol. The van der Waals surface area contributed by atoms with Crippen LogP contribution in [0.2, 0.25) is 0 Å². The van der Waals surface area contributed by atoms with E-state index in [2.05, 4.69) is 20.2 Å². The molecule has 3 aliphatic rings. The molecule has 19 heavy (non-hydrogen) atoms. The van der Waals surface area contributed by atoms with Gasteiger partial charge >= 0.3 is 0 Å². The van der Waals surface area contributed by atoms with E-state index < -0.39 is 0 Å². The lowest BCUT2D eigenvalue weighted by Gasteiger charge is -2.26. The van der Waals surface area contributed by atoms with Gasteiger partial charge in [-0.15, -0.1) is 0 Å². The van der Waals surface area contributed by atoms with Crippen molar-refractivity contribution < 1.29 is 4.79 Å². The molecule has 4 rings (SSSR count). The monoisotopic (exact) mass is 252 g/mol. The third kappa shape index (κ3) is 1.48. The second-order valence-corrected chi connectivity index (χ2v) is 4.67. The molecule has 0 aromatic carbocycles. The molecule has 1 amide bonds. The second kappa shape index (κ2) is 3.71. The van der Waals surface area contributed by atoms with Gasteiger partial charge < -0.3 is 15.2 Å². The Morgan fingerprint density at radius 1 is 1.32 bits per heavy atom. The number of amidine groups is 1. The summed E-state index contributed by atoms with van der Waals surface area (Å²) in [4.78, 5) is 21.5. The number of hydrogen-bond acceptors (Lipinski definition) is 3. The van der Waals surface area contributed by atoms with Gasteiger partial charge in [0, 0.05) is 42.7 Å². The summed E-state index contributed by atoms with van der Waals surface area (Å²) in [5.41, 5.74) is 4.03. The molecule has 3 aliphatic heterocycles. The first-order valence-electron chi connectivity index (χ1n) is 6.25. The van der Waals surface area contributed by atoms with E-state index in [1.54, 1.807) is 6.08 Å². The molecule has 0 radical (unpaired) electrons. The Balaban J connectivity index is 1.86. The summed E-state index contributed by atoms with van der Waals surface area (Å²) < 4.78 is 0. The van der Waals surface area contributed by atoms with Gasteiger partial charge in [-0.05, 0) is 18.2 Å². The molecule has 0 unspecified atom stereocenters. The lowest BCUT2D eigenvalue weighted by molar-refractivity contribution is -0.115. The number of nitrogens with zero attached hydrogens (tertiary/aromatic N) is 2. The number of hydrogen-bond donors (Lipinski definition) is 2. The van der Waals surface area contributed by atoms with Gasteiger partial charge in [0.1, 0.15) is 0 Å². The molecule has 0 spiro atoms. The van der Waals surface area contributed by atoms with Crippen LogP contribution in [0.25, 0.3) is 0 Å². The molecule has 0 bridgehead atoms. The highest BCUT2D eigenvalue weighted by Crippen LogP contribution is 2.33. The van der Waals surface area contributed by atoms with Gasteiger partial charge in [0.2, 0.25) is 5.91 Å². The summed E-state index contributed by atoms with van der Waals surface area (Å²) in [6, 6.07) is 3.96. The van der Waals surface area contributed by atoms with Crippen LogP contribution in [0.15, 0.2) is 58.6 Å². The molecule has 2 N–H and O–H groups in total. The molecule has 1 aromatic heterocycles. The molecule has 0 saturated heterocycles. The normalized spacial score (nSPS) is 20.8. The minimum atomic E-state index is -0.0685. The maximum Gasteiger partial charge on any atom is 0.248 e. The third-order valence-electron chi connectivity index (χ3n) is 3.52. The molecule has 0 saturated carbocycles. The fraction of sp³-hybridized carbons (Fsp3) is 0.143. The number of aliphatic imine (C=N–C) groups is 1. The van der Waals surface area contributed by atoms with Crippen molar-refractivity contribution in [1.29, 1.82) is 0 Å². The van der Waals surface area contributed by atoms with Crippen molar-refractivity contribution >= 4 is 11.7 Å². The molecule has 5 nitrogen and oxygen atoms in total. The van der Waals surface area contributed by atoms with Crippen LogP contribution < -0.4 is 5.32 Å². The third-order valence-corrected chi connectivity index (χ3v) is 3.52. The van der Waals surface area contributed by atoms with Gasteiger partial charge in [0.15, 0.2) is 5.84 Å². The first-order valence-corrected chi connectivity index (χ1v) is 6.25. The van der Waals surface area contributed by atoms with Crippen LogP contribution in [0.5, 0.6) is 0 Å². The topological polar surface area (TPSA) is 60.5 Å². The molecule has 0 atom stereocenters. The fourth-order valence-corrected chi connectivity index (χ4v) is 2.70. The van der Waals surface area contributed by atoms with Crippen LogP contribution in [0.3, 0.4) is 0 Å². The largest absolute Gasteiger partial charge is 0.359 e. The van der Waals surface area contributed by atoms with Gasteiger partial charge in [0.05, 0.1) is 11.4 Å². The first-order chi connectivity index (χ1) is 9.33. The quantitative estimate of drug-likeness (QED) is 0.790. The summed E-state index contributed by atoms with van der Waals surface area (Å²) in [5, 5.41) is 2.94. The zero-order chi connectivity index (χ0) is 12.8. The minimum Gasteiger partial charge on any atom is -0.359 e. The molecular formula is C14H12N4O. The van der Waals surface area contributed by atoms with Gasteiger partial charge in [-0.3, -0.25) is 4.79 Å². The SMILES string of the molecule is O=C1C=CC2=CN=C(c3ccc[nH]3)N3CCC(=C23)N1. The predicted molar refractivity (Wildman–Crippen MR) is 71.0 cm³/mol. The maximum absolute atomic E-state index is 11.6. The summed E-state index contributed by atoms with van der Waals surface area (Å²) in [7, 11) is 0. The second-order valence-electron chi connectivity index (χ2n) is 4.67. The standard InChI is InChI=1S/C14H12N4O/c19-12-4-3-9-8-16-14(11-2-1-6-15-11)18-7-5-10(17-12)13(9)18/h1-4,6,8,15H,5,7H2,(H,17,19). The van der Waals surface area contributed by atoms with Gasteiger partial charge in [-0.25, -0.2) is 4.99 Å². The van der Waals surface area contributed by atoms with Crippen LogP contribution in [0.1, 0.15) is 12.1 Å². The van der Waals surface area contributed by atoms with Crippen LogP contribution in [-0.4, -0.2) is 28.2 Å². The number of nitrogens with one attached hydrogen (secondary N) is 2. The molecule has 0 aliphatic carbocycles. The van der Waals surface area contributed by atoms with Crippen LogP contribution >= 0.6 is 0 Å². The minimum absolute atomic E-state index is 0.0685. The van der Waals surface area contributed by atoms with E-state index >= 15 is 0 Å². The van der Waals surface area contributed by atoms with Crippen molar-refractivity contribution in [1.82, 2.24) is 15.2 Å². The van der Waals surface area contributed by atoms with Crippen molar-refractivity contribution in [3.8, 4) is 0 Å². The Bertz CT molecular complexity index is 676. The van der Waals surface area contributed by atoms with E-state index in [9.17, 15) is 4.79 Å². The highest BCUT2D eigenvalue weighted by molar-refractivity contribution is 6.01. The smallest absolute Gasteiger partial charge is 0.248 e. The number of aromatic amines is 1. The van der Waals surface area contributed by atoms with Crippen molar-refractivity contribution in [3.63, 3.8) is 0 Å². The van der Waals surface area contributed by atoms with Crippen LogP contribution in [-0.2, 0) is 4.79 Å². The molecule has 1 aromatic rings. The zero-order valence-electron chi connectivity index (χ0n) is 10.2. The van der Waals surface area contributed by atoms with Crippen molar-refractivity contribution in [3.05, 3.63) is 59.3 Å². The van der Waals surface area contributed by atoms with E-state index in [0.29, 0.717) is 0 Å². The Morgan fingerprint density at radius 3 is 3.11 bits per heavy atom. The number of amides is 1. The fourth-order valence-electron chi connectivity index (χ4n) is 2.70. The summed E-state index contributed by atoms with van der Waals surface area (Å²) in [6.07, 6.45) is 7.92. The lowest BCUT2D eigenvalue weighted by atomic mass is 10.1. The summed E-state index contributed by atoms with van der Waals surface area (Å²) in [6.45, 7) is 0.841. The number of allylic oxidation sites excluding steroid dienone is 1. The maximum atomic E-state index is 11.6. The number of aromatic nitrogens is 1. The molecule has 94 valence electrons. The molecule has 5 heteroatoms. The highest BCUT2D eigenvalue weighted by Gasteiger charge is 2.32. The van der Waals surface area contributed by atoms with Crippen LogP contribution in [0, 0.1) is 0 Å². The van der Waals surface area contributed by atoms with E-state index in [0.717, 1.165) is 41.5 Å². The summed E-state index contributed by atoms with van der Waals surface area (Å²) >= 11 is 0. The van der Waals surface area contributed by atoms with Gasteiger partial charge in [-0.2, -0.15) is 0 Å². The zero-order valence-corrected chi connectivity index (χ0v) is 10.2.